The predicted octanol–water partition coefficient (Wildman–Crippen LogP) is 4.21. The van der Waals surface area contributed by atoms with Crippen LogP contribution in [0.2, 0.25) is 0 Å². The Bertz CT molecular complexity index is 1610. The number of carbonyl (C=O) groups is 2. The fraction of sp³-hybridized carbons (Fsp3) is 0.115. The molecule has 0 unspecified atom stereocenters. The first-order chi connectivity index (χ1) is 17.5. The molecule has 1 aliphatic carbocycles. The maximum absolute atomic E-state index is 12.9. The molecule has 10 heteroatoms. The summed E-state index contributed by atoms with van der Waals surface area (Å²) in [7, 11) is 1.53. The third-order valence-electron chi connectivity index (χ3n) is 6.37. The predicted molar refractivity (Wildman–Crippen MR) is 131 cm³/mol. The van der Waals surface area contributed by atoms with Gasteiger partial charge in [-0.1, -0.05) is 65.9 Å². The molecular formula is C26H20N6O4. The molecule has 178 valence electrons. The number of hydrogen-bond donors (Lipinski definition) is 2. The van der Waals surface area contributed by atoms with Gasteiger partial charge in [0.1, 0.15) is 12.1 Å². The molecule has 2 heterocycles. The van der Waals surface area contributed by atoms with E-state index in [0.717, 1.165) is 22.3 Å². The zero-order valence-electron chi connectivity index (χ0n) is 19.1. The second-order valence-electron chi connectivity index (χ2n) is 8.41. The molecule has 36 heavy (non-hydrogen) atoms. The number of fused-ring (bicyclic) bond motifs is 4. The molecule has 6 rings (SSSR count). The second kappa shape index (κ2) is 8.35. The van der Waals surface area contributed by atoms with Gasteiger partial charge in [0.25, 0.3) is 0 Å². The molecule has 0 bridgehead atoms. The van der Waals surface area contributed by atoms with E-state index in [1.807, 2.05) is 48.5 Å². The van der Waals surface area contributed by atoms with Gasteiger partial charge < -0.3 is 14.4 Å². The molecule has 3 aromatic carbocycles. The molecule has 1 amide bonds. The summed E-state index contributed by atoms with van der Waals surface area (Å²) < 4.78 is 8.40. The molecule has 0 radical (unpaired) electrons. The van der Waals surface area contributed by atoms with Gasteiger partial charge in [0, 0.05) is 13.0 Å². The van der Waals surface area contributed by atoms with Gasteiger partial charge in [-0.25, -0.2) is 14.6 Å². The van der Waals surface area contributed by atoms with Crippen molar-refractivity contribution in [3.8, 4) is 16.9 Å². The number of aromatic nitrogens is 5. The van der Waals surface area contributed by atoms with E-state index in [9.17, 15) is 14.7 Å². The summed E-state index contributed by atoms with van der Waals surface area (Å²) in [6, 6.07) is 23.3. The minimum Gasteiger partial charge on any atom is -0.475 e. The Kier molecular flexibility index (Phi) is 4.99. The van der Waals surface area contributed by atoms with Crippen LogP contribution in [0.3, 0.4) is 0 Å². The van der Waals surface area contributed by atoms with E-state index in [4.69, 9.17) is 4.74 Å². The summed E-state index contributed by atoms with van der Waals surface area (Å²) in [6.45, 7) is 0.111. The Morgan fingerprint density at radius 1 is 0.972 bits per heavy atom. The molecule has 0 atom stereocenters. The maximum Gasteiger partial charge on any atom is 0.412 e. The SMILES string of the molecule is Cn1c(C(=O)O)nc(NC(=O)OCC2c3ccccc3-c3ccccc32)c1-n1nnc2ccccc21. The number of carboxylic acid groups (broad SMARTS) is 1. The van der Waals surface area contributed by atoms with Crippen molar-refractivity contribution in [2.24, 2.45) is 7.05 Å². The van der Waals surface area contributed by atoms with Crippen molar-refractivity contribution in [2.75, 3.05) is 11.9 Å². The van der Waals surface area contributed by atoms with Gasteiger partial charge >= 0.3 is 12.1 Å². The van der Waals surface area contributed by atoms with Crippen molar-refractivity contribution in [1.82, 2.24) is 24.5 Å². The normalized spacial score (nSPS) is 12.4. The topological polar surface area (TPSA) is 124 Å². The molecule has 2 aromatic heterocycles. The zero-order valence-corrected chi connectivity index (χ0v) is 19.1. The number of anilines is 1. The highest BCUT2D eigenvalue weighted by molar-refractivity contribution is 5.91. The summed E-state index contributed by atoms with van der Waals surface area (Å²) in [5.41, 5.74) is 5.67. The second-order valence-corrected chi connectivity index (χ2v) is 8.41. The molecular weight excluding hydrogens is 460 g/mol. The molecule has 0 spiro atoms. The highest BCUT2D eigenvalue weighted by atomic mass is 16.5. The summed E-state index contributed by atoms with van der Waals surface area (Å²) in [5.74, 6) is -1.38. The highest BCUT2D eigenvalue weighted by Gasteiger charge is 2.30. The molecule has 5 aromatic rings. The number of benzene rings is 3. The fourth-order valence-electron chi connectivity index (χ4n) is 4.76. The smallest absolute Gasteiger partial charge is 0.412 e. The first-order valence-electron chi connectivity index (χ1n) is 11.3. The van der Waals surface area contributed by atoms with Crippen molar-refractivity contribution < 1.29 is 19.4 Å². The Balaban J connectivity index is 1.29. The lowest BCUT2D eigenvalue weighted by Crippen LogP contribution is -2.19. The third kappa shape index (κ3) is 3.38. The number of aromatic carboxylic acids is 1. The lowest BCUT2D eigenvalue weighted by Gasteiger charge is -2.14. The van der Waals surface area contributed by atoms with Crippen LogP contribution in [0.5, 0.6) is 0 Å². The third-order valence-corrected chi connectivity index (χ3v) is 6.37. The minimum atomic E-state index is -1.25. The average molecular weight is 480 g/mol. The Morgan fingerprint density at radius 2 is 1.61 bits per heavy atom. The quantitative estimate of drug-likeness (QED) is 0.386. The van der Waals surface area contributed by atoms with Gasteiger partial charge in [0.05, 0.1) is 5.52 Å². The van der Waals surface area contributed by atoms with E-state index in [-0.39, 0.29) is 30.0 Å². The molecule has 0 aliphatic heterocycles. The van der Waals surface area contributed by atoms with Gasteiger partial charge in [-0.3, -0.25) is 5.32 Å². The van der Waals surface area contributed by atoms with Crippen molar-refractivity contribution in [1.29, 1.82) is 0 Å². The van der Waals surface area contributed by atoms with Crippen LogP contribution in [0.4, 0.5) is 10.6 Å². The summed E-state index contributed by atoms with van der Waals surface area (Å²) >= 11 is 0. The number of para-hydroxylation sites is 1. The van der Waals surface area contributed by atoms with Gasteiger partial charge in [0.2, 0.25) is 5.82 Å². The fourth-order valence-corrected chi connectivity index (χ4v) is 4.76. The van der Waals surface area contributed by atoms with Crippen molar-refractivity contribution in [3.63, 3.8) is 0 Å². The van der Waals surface area contributed by atoms with E-state index < -0.39 is 12.1 Å². The van der Waals surface area contributed by atoms with Crippen LogP contribution in [-0.4, -0.2) is 48.3 Å². The Morgan fingerprint density at radius 3 is 2.31 bits per heavy atom. The van der Waals surface area contributed by atoms with Crippen LogP contribution in [-0.2, 0) is 11.8 Å². The number of carboxylic acids is 1. The lowest BCUT2D eigenvalue weighted by molar-refractivity contribution is 0.0679. The number of amides is 1. The van der Waals surface area contributed by atoms with Crippen LogP contribution in [0.25, 0.3) is 28.0 Å². The Hall–Kier alpha value is -4.99. The average Bonchev–Trinajstić information content (AvgIpc) is 3.54. The molecule has 0 saturated heterocycles. The van der Waals surface area contributed by atoms with E-state index in [1.165, 1.54) is 16.3 Å². The van der Waals surface area contributed by atoms with Crippen LogP contribution in [0.1, 0.15) is 27.7 Å². The molecule has 0 fully saturated rings. The van der Waals surface area contributed by atoms with E-state index >= 15 is 0 Å². The molecule has 10 nitrogen and oxygen atoms in total. The minimum absolute atomic E-state index is 0.00257. The summed E-state index contributed by atoms with van der Waals surface area (Å²) in [6.07, 6.45) is -0.752. The largest absolute Gasteiger partial charge is 0.475 e. The monoisotopic (exact) mass is 480 g/mol. The number of nitrogens with zero attached hydrogens (tertiary/aromatic N) is 5. The van der Waals surface area contributed by atoms with Crippen LogP contribution < -0.4 is 5.32 Å². The van der Waals surface area contributed by atoms with Crippen LogP contribution >= 0.6 is 0 Å². The van der Waals surface area contributed by atoms with Crippen LogP contribution in [0.15, 0.2) is 72.8 Å². The number of carbonyl (C=O) groups excluding carboxylic acids is 1. The van der Waals surface area contributed by atoms with E-state index in [1.54, 1.807) is 12.1 Å². The van der Waals surface area contributed by atoms with Crippen molar-refractivity contribution in [2.45, 2.75) is 5.92 Å². The Labute approximate surface area is 204 Å². The standard InChI is InChI=1S/C26H20N6O4/c1-31-23(25(33)34)27-22(24(31)32-21-13-7-6-12-20(21)29-30-32)28-26(35)36-14-19-17-10-4-2-8-15(17)16-9-3-5-11-18(16)19/h2-13,19H,14H2,1H3,(H,28,35)(H,33,34). The van der Waals surface area contributed by atoms with E-state index in [0.29, 0.717) is 11.0 Å². The lowest BCUT2D eigenvalue weighted by atomic mass is 9.98. The van der Waals surface area contributed by atoms with Gasteiger partial charge in [0.15, 0.2) is 11.6 Å². The highest BCUT2D eigenvalue weighted by Crippen LogP contribution is 2.44. The molecule has 2 N–H and O–H groups in total. The number of rotatable bonds is 5. The first kappa shape index (κ1) is 21.5. The maximum atomic E-state index is 12.9. The van der Waals surface area contributed by atoms with Crippen molar-refractivity contribution in [3.05, 3.63) is 89.7 Å². The molecule has 1 aliphatic rings. The van der Waals surface area contributed by atoms with Gasteiger partial charge in [-0.15, -0.1) is 5.10 Å². The molecule has 0 saturated carbocycles. The number of nitrogens with one attached hydrogen (secondary N) is 1. The van der Waals surface area contributed by atoms with Gasteiger partial charge in [-0.2, -0.15) is 4.68 Å². The van der Waals surface area contributed by atoms with Gasteiger partial charge in [-0.05, 0) is 34.4 Å². The number of ether oxygens (including phenoxy) is 1. The first-order valence-corrected chi connectivity index (χ1v) is 11.3. The number of imidazole rings is 1. The summed E-state index contributed by atoms with van der Waals surface area (Å²) in [5, 5.41) is 20.5. The van der Waals surface area contributed by atoms with Crippen LogP contribution in [0, 0.1) is 0 Å². The zero-order chi connectivity index (χ0) is 24.8. The number of hydrogen-bond acceptors (Lipinski definition) is 6. The summed E-state index contributed by atoms with van der Waals surface area (Å²) in [4.78, 5) is 28.8. The van der Waals surface area contributed by atoms with Crippen molar-refractivity contribution >= 4 is 28.9 Å². The van der Waals surface area contributed by atoms with E-state index in [2.05, 4.69) is 32.7 Å².